The Morgan fingerprint density at radius 2 is 1.97 bits per heavy atom. The van der Waals surface area contributed by atoms with Gasteiger partial charge in [-0.3, -0.25) is 14.3 Å². The summed E-state index contributed by atoms with van der Waals surface area (Å²) in [5.41, 5.74) is 2.99. The summed E-state index contributed by atoms with van der Waals surface area (Å²) in [4.78, 5) is 17.4. The van der Waals surface area contributed by atoms with Crippen molar-refractivity contribution in [2.75, 3.05) is 18.2 Å². The number of rotatable bonds is 7. The topological polar surface area (TPSA) is 95.1 Å². The lowest BCUT2D eigenvalue weighted by Crippen LogP contribution is -2.23. The van der Waals surface area contributed by atoms with Gasteiger partial charge < -0.3 is 14.5 Å². The number of carbonyl (C=O) groups is 1. The molecule has 0 radical (unpaired) electrons. The van der Waals surface area contributed by atoms with E-state index in [1.165, 1.54) is 31.0 Å². The Morgan fingerprint density at radius 1 is 1.11 bits per heavy atom. The largest absolute Gasteiger partial charge is 0.495 e. The lowest BCUT2D eigenvalue weighted by Gasteiger charge is -2.31. The predicted octanol–water partition coefficient (Wildman–Crippen LogP) is 6.73. The molecule has 38 heavy (non-hydrogen) atoms. The molecule has 0 unspecified atom stereocenters. The van der Waals surface area contributed by atoms with Crippen LogP contribution in [0.5, 0.6) is 5.75 Å². The molecule has 1 aliphatic rings. The second-order valence-electron chi connectivity index (χ2n) is 9.73. The van der Waals surface area contributed by atoms with Gasteiger partial charge in [-0.05, 0) is 43.0 Å². The van der Waals surface area contributed by atoms with Crippen LogP contribution in [0.2, 0.25) is 0 Å². The monoisotopic (exact) mass is 527 g/mol. The van der Waals surface area contributed by atoms with Crippen LogP contribution in [0.15, 0.2) is 70.5 Å². The smallest absolute Gasteiger partial charge is 0.234 e. The van der Waals surface area contributed by atoms with Crippen LogP contribution in [0.25, 0.3) is 33.3 Å². The number of amides is 1. The summed E-state index contributed by atoms with van der Waals surface area (Å²) in [5.74, 6) is 1.92. The number of hydrogen-bond donors (Lipinski definition) is 1. The Labute approximate surface area is 224 Å². The highest BCUT2D eigenvalue weighted by atomic mass is 32.2. The molecule has 1 fully saturated rings. The lowest BCUT2D eigenvalue weighted by atomic mass is 9.85. The normalized spacial score (nSPS) is 17.6. The number of ether oxygens (including phenoxy) is 1. The SMILES string of the molecule is COc1cc2c(cc1NC(=O)CSc1nnc(-c3cccnc3)n1[C@H]1CCCC[C@@H]1C)oc1ccccc12. The number of aromatic nitrogens is 4. The fraction of sp³-hybridized carbons (Fsp3) is 0.310. The van der Waals surface area contributed by atoms with Gasteiger partial charge in [0.25, 0.3) is 0 Å². The van der Waals surface area contributed by atoms with Crippen LogP contribution in [0.1, 0.15) is 38.6 Å². The van der Waals surface area contributed by atoms with Gasteiger partial charge in [0.2, 0.25) is 5.91 Å². The van der Waals surface area contributed by atoms with Crippen molar-refractivity contribution in [3.05, 3.63) is 60.9 Å². The molecule has 1 N–H and O–H groups in total. The number of anilines is 1. The molecular weight excluding hydrogens is 498 g/mol. The maximum absolute atomic E-state index is 13.1. The number of furan rings is 1. The molecular formula is C29H29N5O3S. The van der Waals surface area contributed by atoms with Crippen molar-refractivity contribution in [3.63, 3.8) is 0 Å². The number of thioether (sulfide) groups is 1. The fourth-order valence-electron chi connectivity index (χ4n) is 5.38. The lowest BCUT2D eigenvalue weighted by molar-refractivity contribution is -0.113. The Hall–Kier alpha value is -3.85. The predicted molar refractivity (Wildman–Crippen MR) is 150 cm³/mol. The Kier molecular flexibility index (Phi) is 6.76. The third-order valence-electron chi connectivity index (χ3n) is 7.29. The first-order valence-electron chi connectivity index (χ1n) is 12.9. The molecule has 0 saturated heterocycles. The zero-order valence-electron chi connectivity index (χ0n) is 21.4. The third-order valence-corrected chi connectivity index (χ3v) is 8.23. The minimum atomic E-state index is -0.155. The van der Waals surface area contributed by atoms with E-state index >= 15 is 0 Å². The van der Waals surface area contributed by atoms with Crippen LogP contribution in [0.4, 0.5) is 5.69 Å². The molecule has 3 heterocycles. The number of carbonyl (C=O) groups excluding carboxylic acids is 1. The van der Waals surface area contributed by atoms with E-state index in [2.05, 4.69) is 32.0 Å². The molecule has 2 aromatic carbocycles. The van der Waals surface area contributed by atoms with Crippen molar-refractivity contribution in [2.45, 2.75) is 43.8 Å². The summed E-state index contributed by atoms with van der Waals surface area (Å²) < 4.78 is 13.8. The number of nitrogens with one attached hydrogen (secondary N) is 1. The maximum Gasteiger partial charge on any atom is 0.234 e. The number of para-hydroxylation sites is 1. The molecule has 5 aromatic rings. The molecule has 2 atom stereocenters. The number of benzene rings is 2. The van der Waals surface area contributed by atoms with E-state index in [4.69, 9.17) is 9.15 Å². The summed E-state index contributed by atoms with van der Waals surface area (Å²) in [5, 5.41) is 14.7. The van der Waals surface area contributed by atoms with Gasteiger partial charge in [-0.25, -0.2) is 0 Å². The second-order valence-corrected chi connectivity index (χ2v) is 10.7. The van der Waals surface area contributed by atoms with E-state index in [1.807, 2.05) is 54.7 Å². The second kappa shape index (κ2) is 10.5. The third kappa shape index (κ3) is 4.62. The Balaban J connectivity index is 1.25. The van der Waals surface area contributed by atoms with E-state index in [0.29, 0.717) is 22.9 Å². The van der Waals surface area contributed by atoms with Crippen LogP contribution >= 0.6 is 11.8 Å². The number of fused-ring (bicyclic) bond motifs is 3. The van der Waals surface area contributed by atoms with Crippen LogP contribution in [-0.2, 0) is 4.79 Å². The molecule has 9 heteroatoms. The van der Waals surface area contributed by atoms with Gasteiger partial charge in [0.1, 0.15) is 16.9 Å². The Morgan fingerprint density at radius 3 is 2.79 bits per heavy atom. The number of hydrogen-bond acceptors (Lipinski definition) is 7. The zero-order valence-corrected chi connectivity index (χ0v) is 22.2. The molecule has 0 bridgehead atoms. The van der Waals surface area contributed by atoms with Crippen molar-refractivity contribution in [2.24, 2.45) is 5.92 Å². The minimum Gasteiger partial charge on any atom is -0.495 e. The summed E-state index contributed by atoms with van der Waals surface area (Å²) >= 11 is 1.40. The molecule has 8 nitrogen and oxygen atoms in total. The highest BCUT2D eigenvalue weighted by Gasteiger charge is 2.29. The number of pyridine rings is 1. The van der Waals surface area contributed by atoms with Gasteiger partial charge in [0, 0.05) is 40.8 Å². The van der Waals surface area contributed by atoms with E-state index < -0.39 is 0 Å². The van der Waals surface area contributed by atoms with Crippen LogP contribution < -0.4 is 10.1 Å². The first-order valence-corrected chi connectivity index (χ1v) is 13.9. The van der Waals surface area contributed by atoms with Gasteiger partial charge in [0.05, 0.1) is 18.6 Å². The quantitative estimate of drug-likeness (QED) is 0.234. The van der Waals surface area contributed by atoms with E-state index in [-0.39, 0.29) is 17.7 Å². The summed E-state index contributed by atoms with van der Waals surface area (Å²) in [6.45, 7) is 2.29. The summed E-state index contributed by atoms with van der Waals surface area (Å²) in [6.07, 6.45) is 8.23. The fourth-order valence-corrected chi connectivity index (χ4v) is 6.17. The molecule has 1 amide bonds. The number of methoxy groups -OCH3 is 1. The van der Waals surface area contributed by atoms with Gasteiger partial charge in [-0.1, -0.05) is 49.7 Å². The number of nitrogens with zero attached hydrogens (tertiary/aromatic N) is 4. The van der Waals surface area contributed by atoms with Crippen LogP contribution in [0, 0.1) is 5.92 Å². The summed E-state index contributed by atoms with van der Waals surface area (Å²) in [6, 6.07) is 15.8. The van der Waals surface area contributed by atoms with Gasteiger partial charge in [-0.15, -0.1) is 10.2 Å². The van der Waals surface area contributed by atoms with Gasteiger partial charge in [-0.2, -0.15) is 0 Å². The average Bonchev–Trinajstić information content (AvgIpc) is 3.53. The van der Waals surface area contributed by atoms with Crippen molar-refractivity contribution in [3.8, 4) is 17.1 Å². The minimum absolute atomic E-state index is 0.155. The van der Waals surface area contributed by atoms with Gasteiger partial charge >= 0.3 is 0 Å². The molecule has 0 spiro atoms. The summed E-state index contributed by atoms with van der Waals surface area (Å²) in [7, 11) is 1.60. The van der Waals surface area contributed by atoms with Crippen LogP contribution in [0.3, 0.4) is 0 Å². The van der Waals surface area contributed by atoms with Crippen molar-refractivity contribution >= 4 is 45.3 Å². The van der Waals surface area contributed by atoms with Crippen molar-refractivity contribution in [1.29, 1.82) is 0 Å². The molecule has 0 aliphatic heterocycles. The molecule has 6 rings (SSSR count). The highest BCUT2D eigenvalue weighted by molar-refractivity contribution is 7.99. The first-order chi connectivity index (χ1) is 18.6. The van der Waals surface area contributed by atoms with Gasteiger partial charge in [0.15, 0.2) is 11.0 Å². The van der Waals surface area contributed by atoms with E-state index in [9.17, 15) is 4.79 Å². The molecule has 194 valence electrons. The molecule has 1 saturated carbocycles. The van der Waals surface area contributed by atoms with Crippen molar-refractivity contribution in [1.82, 2.24) is 19.7 Å². The van der Waals surface area contributed by atoms with E-state index in [1.54, 1.807) is 13.3 Å². The maximum atomic E-state index is 13.1. The zero-order chi connectivity index (χ0) is 26.1. The first kappa shape index (κ1) is 24.5. The molecule has 3 aromatic heterocycles. The highest BCUT2D eigenvalue weighted by Crippen LogP contribution is 2.39. The van der Waals surface area contributed by atoms with E-state index in [0.717, 1.165) is 39.3 Å². The molecule has 1 aliphatic carbocycles. The van der Waals surface area contributed by atoms with Crippen molar-refractivity contribution < 1.29 is 13.9 Å². The Bertz CT molecular complexity index is 1600. The average molecular weight is 528 g/mol. The van der Waals surface area contributed by atoms with Crippen LogP contribution in [-0.4, -0.2) is 38.5 Å². The standard InChI is InChI=1S/C29H29N5O3S/c1-18-8-3-5-11-23(18)34-28(19-9-7-13-30-16-19)32-33-29(34)38-17-27(35)31-22-15-25-21(14-26(22)36-2)20-10-4-6-12-24(20)37-25/h4,6-7,9-10,12-16,18,23H,3,5,8,11,17H2,1-2H3,(H,31,35)/t18-,23-/m0/s1.